The van der Waals surface area contributed by atoms with E-state index in [2.05, 4.69) is 29.6 Å². The summed E-state index contributed by atoms with van der Waals surface area (Å²) in [7, 11) is 0.0618. The molecule has 0 aromatic heterocycles. The Kier molecular flexibility index (Phi) is 5.79. The third kappa shape index (κ3) is 4.53. The van der Waals surface area contributed by atoms with Crippen molar-refractivity contribution in [1.29, 1.82) is 0 Å². The van der Waals surface area contributed by atoms with Crippen molar-refractivity contribution in [2.75, 3.05) is 26.4 Å². The second kappa shape index (κ2) is 7.38. The average Bonchev–Trinajstić information content (AvgIpc) is 2.48. The highest BCUT2D eigenvalue weighted by Gasteiger charge is 2.26. The molecule has 1 aromatic rings. The maximum Gasteiger partial charge on any atom is 0.214 e. The van der Waals surface area contributed by atoms with Crippen LogP contribution in [0.2, 0.25) is 0 Å². The van der Waals surface area contributed by atoms with E-state index >= 15 is 0 Å². The van der Waals surface area contributed by atoms with Crippen LogP contribution in [0.3, 0.4) is 0 Å². The van der Waals surface area contributed by atoms with Gasteiger partial charge in [-0.15, -0.1) is 0 Å². The monoisotopic (exact) mass is 310 g/mol. The normalized spacial score (nSPS) is 23.4. The first-order valence-electron chi connectivity index (χ1n) is 7.69. The highest BCUT2D eigenvalue weighted by Crippen LogP contribution is 2.32. The van der Waals surface area contributed by atoms with Crippen molar-refractivity contribution < 1.29 is 8.42 Å². The number of hydrogen-bond donors (Lipinski definition) is 1. The van der Waals surface area contributed by atoms with Gasteiger partial charge in [-0.1, -0.05) is 43.2 Å². The largest absolute Gasteiger partial charge is 0.312 e. The molecule has 0 bridgehead atoms. The molecule has 0 radical (unpaired) electrons. The molecule has 2 unspecified atom stereocenters. The van der Waals surface area contributed by atoms with Crippen LogP contribution in [0, 0.1) is 0 Å². The standard InChI is InChI=1S/C16H26N2O2S/c1-18(2)21(19,20)13-12-17-16-11-7-6-10-15(16)14-8-4-3-5-9-14/h3-5,8-9,15-17H,6-7,10-13H2,1-2H3. The van der Waals surface area contributed by atoms with E-state index in [1.54, 1.807) is 14.1 Å². The summed E-state index contributed by atoms with van der Waals surface area (Å²) in [5.41, 5.74) is 1.37. The summed E-state index contributed by atoms with van der Waals surface area (Å²) < 4.78 is 24.9. The molecule has 0 saturated heterocycles. The molecule has 1 aliphatic carbocycles. The lowest BCUT2D eigenvalue weighted by Gasteiger charge is -2.33. The van der Waals surface area contributed by atoms with Crippen molar-refractivity contribution in [2.45, 2.75) is 37.6 Å². The van der Waals surface area contributed by atoms with Crippen molar-refractivity contribution >= 4 is 10.0 Å². The summed E-state index contributed by atoms with van der Waals surface area (Å²) in [6, 6.07) is 11.0. The van der Waals surface area contributed by atoms with Crippen molar-refractivity contribution in [2.24, 2.45) is 0 Å². The zero-order chi connectivity index (χ0) is 15.3. The number of benzene rings is 1. The van der Waals surface area contributed by atoms with E-state index in [-0.39, 0.29) is 5.75 Å². The molecule has 0 aliphatic heterocycles. The van der Waals surface area contributed by atoms with E-state index in [1.807, 2.05) is 6.07 Å². The minimum absolute atomic E-state index is 0.165. The van der Waals surface area contributed by atoms with E-state index in [1.165, 1.54) is 29.1 Å². The third-order valence-electron chi connectivity index (χ3n) is 4.32. The Labute approximate surface area is 128 Å². The molecule has 2 atom stereocenters. The van der Waals surface area contributed by atoms with E-state index < -0.39 is 10.0 Å². The van der Waals surface area contributed by atoms with Crippen molar-refractivity contribution in [3.05, 3.63) is 35.9 Å². The maximum atomic E-state index is 11.8. The molecule has 1 aromatic carbocycles. The van der Waals surface area contributed by atoms with Crippen LogP contribution < -0.4 is 5.32 Å². The van der Waals surface area contributed by atoms with Gasteiger partial charge >= 0.3 is 0 Å². The summed E-state index contributed by atoms with van der Waals surface area (Å²) in [6.45, 7) is 0.522. The predicted octanol–water partition coefficient (Wildman–Crippen LogP) is 2.19. The first kappa shape index (κ1) is 16.5. The van der Waals surface area contributed by atoms with Gasteiger partial charge in [0.15, 0.2) is 0 Å². The summed E-state index contributed by atoms with van der Waals surface area (Å²) in [4.78, 5) is 0. The van der Waals surface area contributed by atoms with Crippen molar-refractivity contribution in [3.8, 4) is 0 Å². The molecule has 0 heterocycles. The molecule has 5 heteroatoms. The minimum atomic E-state index is -3.11. The number of hydrogen-bond acceptors (Lipinski definition) is 3. The van der Waals surface area contributed by atoms with Crippen LogP contribution in [0.5, 0.6) is 0 Å². The Hall–Kier alpha value is -0.910. The molecule has 1 saturated carbocycles. The number of rotatable bonds is 6. The van der Waals surface area contributed by atoms with Crippen LogP contribution >= 0.6 is 0 Å². The Bertz CT molecular complexity index is 528. The van der Waals surface area contributed by atoms with Crippen LogP contribution in [0.25, 0.3) is 0 Å². The first-order chi connectivity index (χ1) is 10.0. The highest BCUT2D eigenvalue weighted by molar-refractivity contribution is 7.89. The van der Waals surface area contributed by atoms with E-state index in [9.17, 15) is 8.42 Å². The lowest BCUT2D eigenvalue weighted by molar-refractivity contribution is 0.332. The lowest BCUT2D eigenvalue weighted by Crippen LogP contribution is -2.41. The van der Waals surface area contributed by atoms with Gasteiger partial charge in [0.1, 0.15) is 0 Å². The zero-order valence-corrected chi connectivity index (χ0v) is 13.8. The first-order valence-corrected chi connectivity index (χ1v) is 9.30. The van der Waals surface area contributed by atoms with Gasteiger partial charge in [-0.2, -0.15) is 0 Å². The predicted molar refractivity (Wildman–Crippen MR) is 86.9 cm³/mol. The Morgan fingerprint density at radius 2 is 1.81 bits per heavy atom. The van der Waals surface area contributed by atoms with Gasteiger partial charge in [-0.3, -0.25) is 0 Å². The van der Waals surface area contributed by atoms with Crippen LogP contribution in [0.4, 0.5) is 0 Å². The fraction of sp³-hybridized carbons (Fsp3) is 0.625. The molecular weight excluding hydrogens is 284 g/mol. The smallest absolute Gasteiger partial charge is 0.214 e. The van der Waals surface area contributed by atoms with Gasteiger partial charge in [-0.05, 0) is 24.3 Å². The Balaban J connectivity index is 1.94. The molecule has 1 fully saturated rings. The van der Waals surface area contributed by atoms with Gasteiger partial charge in [0.2, 0.25) is 10.0 Å². The lowest BCUT2D eigenvalue weighted by atomic mass is 9.80. The van der Waals surface area contributed by atoms with E-state index in [4.69, 9.17) is 0 Å². The SMILES string of the molecule is CN(C)S(=O)(=O)CCNC1CCCCC1c1ccccc1. The minimum Gasteiger partial charge on any atom is -0.312 e. The number of nitrogens with one attached hydrogen (secondary N) is 1. The molecule has 1 aliphatic rings. The van der Waals surface area contributed by atoms with Crippen LogP contribution in [0.1, 0.15) is 37.2 Å². The molecule has 0 amide bonds. The summed E-state index contributed by atoms with van der Waals surface area (Å²) in [6.07, 6.45) is 4.79. The van der Waals surface area contributed by atoms with E-state index in [0.717, 1.165) is 6.42 Å². The molecule has 0 spiro atoms. The maximum absolute atomic E-state index is 11.8. The Morgan fingerprint density at radius 1 is 1.14 bits per heavy atom. The second-order valence-corrected chi connectivity index (χ2v) is 8.26. The summed E-state index contributed by atoms with van der Waals surface area (Å²) in [5.74, 6) is 0.667. The molecular formula is C16H26N2O2S. The van der Waals surface area contributed by atoms with Crippen LogP contribution in [-0.4, -0.2) is 45.2 Å². The van der Waals surface area contributed by atoms with Crippen LogP contribution in [0.15, 0.2) is 30.3 Å². The van der Waals surface area contributed by atoms with Crippen LogP contribution in [-0.2, 0) is 10.0 Å². The van der Waals surface area contributed by atoms with Gasteiger partial charge < -0.3 is 5.32 Å². The van der Waals surface area contributed by atoms with E-state index in [0.29, 0.717) is 18.5 Å². The molecule has 2 rings (SSSR count). The van der Waals surface area contributed by atoms with Gasteiger partial charge in [0, 0.05) is 26.7 Å². The Morgan fingerprint density at radius 3 is 2.48 bits per heavy atom. The third-order valence-corrected chi connectivity index (χ3v) is 6.15. The molecule has 21 heavy (non-hydrogen) atoms. The topological polar surface area (TPSA) is 49.4 Å². The second-order valence-electron chi connectivity index (χ2n) is 5.96. The van der Waals surface area contributed by atoms with Gasteiger partial charge in [0.05, 0.1) is 5.75 Å². The summed E-state index contributed by atoms with van der Waals surface area (Å²) in [5, 5.41) is 3.48. The van der Waals surface area contributed by atoms with Gasteiger partial charge in [0.25, 0.3) is 0 Å². The summed E-state index contributed by atoms with van der Waals surface area (Å²) >= 11 is 0. The quantitative estimate of drug-likeness (QED) is 0.876. The fourth-order valence-corrected chi connectivity index (χ4v) is 3.77. The molecule has 1 N–H and O–H groups in total. The zero-order valence-electron chi connectivity index (χ0n) is 13.0. The van der Waals surface area contributed by atoms with Gasteiger partial charge in [-0.25, -0.2) is 12.7 Å². The number of nitrogens with zero attached hydrogens (tertiary/aromatic N) is 1. The molecule has 4 nitrogen and oxygen atoms in total. The fourth-order valence-electron chi connectivity index (χ4n) is 3.03. The van der Waals surface area contributed by atoms with Crippen molar-refractivity contribution in [3.63, 3.8) is 0 Å². The number of sulfonamides is 1. The highest BCUT2D eigenvalue weighted by atomic mass is 32.2. The van der Waals surface area contributed by atoms with Crippen molar-refractivity contribution in [1.82, 2.24) is 9.62 Å². The average molecular weight is 310 g/mol. The molecule has 118 valence electrons.